The molecule has 0 atom stereocenters. The van der Waals surface area contributed by atoms with Gasteiger partial charge in [-0.2, -0.15) is 4.31 Å². The van der Waals surface area contributed by atoms with Crippen molar-refractivity contribution in [1.82, 2.24) is 4.31 Å². The van der Waals surface area contributed by atoms with E-state index >= 15 is 0 Å². The number of hydrogen-bond donors (Lipinski definition) is 0. The van der Waals surface area contributed by atoms with E-state index in [0.717, 1.165) is 19.3 Å². The third-order valence-corrected chi connectivity index (χ3v) is 5.81. The van der Waals surface area contributed by atoms with E-state index in [9.17, 15) is 13.2 Å². The molecule has 6 heteroatoms. The first-order valence-corrected chi connectivity index (χ1v) is 10.2. The minimum Gasteiger partial charge on any atom is -0.464 e. The van der Waals surface area contributed by atoms with Crippen LogP contribution in [-0.4, -0.2) is 38.4 Å². The summed E-state index contributed by atoms with van der Waals surface area (Å²) in [6.45, 7) is 4.53. The van der Waals surface area contributed by atoms with E-state index in [0.29, 0.717) is 13.0 Å². The summed E-state index contributed by atoms with van der Waals surface area (Å²) in [4.78, 5) is 11.9. The quantitative estimate of drug-likeness (QED) is 0.424. The molecule has 0 bridgehead atoms. The number of likely N-dealkylation sites (N-methyl/N-ethyl adjacent to an activating group) is 1. The number of sulfonamides is 1. The summed E-state index contributed by atoms with van der Waals surface area (Å²) < 4.78 is 31.5. The van der Waals surface area contributed by atoms with Gasteiger partial charge in [0, 0.05) is 19.5 Å². The summed E-state index contributed by atoms with van der Waals surface area (Å²) in [5.41, 5.74) is 0. The summed E-state index contributed by atoms with van der Waals surface area (Å²) in [6, 6.07) is 8.30. The first-order chi connectivity index (χ1) is 11.5. The van der Waals surface area contributed by atoms with Gasteiger partial charge in [-0.05, 0) is 18.6 Å². The molecular formula is C18H29NO4S. The highest BCUT2D eigenvalue weighted by Crippen LogP contribution is 2.14. The Hall–Kier alpha value is -1.40. The van der Waals surface area contributed by atoms with Crippen molar-refractivity contribution in [3.05, 3.63) is 30.3 Å². The van der Waals surface area contributed by atoms with E-state index < -0.39 is 10.0 Å². The van der Waals surface area contributed by atoms with Gasteiger partial charge in [0.15, 0.2) is 0 Å². The van der Waals surface area contributed by atoms with Crippen molar-refractivity contribution in [2.45, 2.75) is 57.3 Å². The van der Waals surface area contributed by atoms with Gasteiger partial charge >= 0.3 is 5.97 Å². The average Bonchev–Trinajstić information content (AvgIpc) is 2.59. The number of carbonyl (C=O) groups excluding carboxylic acids is 1. The van der Waals surface area contributed by atoms with Crippen molar-refractivity contribution < 1.29 is 17.9 Å². The van der Waals surface area contributed by atoms with Crippen molar-refractivity contribution in [1.29, 1.82) is 0 Å². The van der Waals surface area contributed by atoms with Gasteiger partial charge in [0.05, 0.1) is 4.90 Å². The number of nitrogens with zero attached hydrogens (tertiary/aromatic N) is 1. The lowest BCUT2D eigenvalue weighted by molar-refractivity contribution is -0.143. The maximum absolute atomic E-state index is 12.5. The molecule has 1 rings (SSSR count). The summed E-state index contributed by atoms with van der Waals surface area (Å²) >= 11 is 0. The molecule has 0 saturated carbocycles. The second-order valence-electron chi connectivity index (χ2n) is 5.69. The molecular weight excluding hydrogens is 326 g/mol. The van der Waals surface area contributed by atoms with Crippen LogP contribution in [0.25, 0.3) is 0 Å². The molecule has 0 spiro atoms. The van der Waals surface area contributed by atoms with Crippen LogP contribution in [0.1, 0.15) is 52.4 Å². The zero-order chi connectivity index (χ0) is 17.8. The van der Waals surface area contributed by atoms with E-state index in [2.05, 4.69) is 6.92 Å². The van der Waals surface area contributed by atoms with Gasteiger partial charge in [0.1, 0.15) is 6.61 Å². The lowest BCUT2D eigenvalue weighted by atomic mass is 10.1. The van der Waals surface area contributed by atoms with Crippen LogP contribution >= 0.6 is 0 Å². The predicted octanol–water partition coefficient (Wildman–Crippen LogP) is 3.60. The van der Waals surface area contributed by atoms with Gasteiger partial charge < -0.3 is 4.74 Å². The Bertz CT molecular complexity index is 572. The van der Waals surface area contributed by atoms with E-state index in [-0.39, 0.29) is 24.0 Å². The third kappa shape index (κ3) is 7.01. The maximum atomic E-state index is 12.5. The Morgan fingerprint density at radius 1 is 1.04 bits per heavy atom. The topological polar surface area (TPSA) is 63.7 Å². The van der Waals surface area contributed by atoms with Crippen LogP contribution in [0.4, 0.5) is 0 Å². The molecule has 24 heavy (non-hydrogen) atoms. The molecule has 0 fully saturated rings. The minimum atomic E-state index is -3.53. The van der Waals surface area contributed by atoms with Crippen molar-refractivity contribution in [3.8, 4) is 0 Å². The van der Waals surface area contributed by atoms with Crippen LogP contribution < -0.4 is 0 Å². The second-order valence-corrected chi connectivity index (χ2v) is 7.63. The first-order valence-electron chi connectivity index (χ1n) is 8.73. The third-order valence-electron chi connectivity index (χ3n) is 3.82. The van der Waals surface area contributed by atoms with Crippen LogP contribution in [0.5, 0.6) is 0 Å². The first kappa shape index (κ1) is 20.6. The lowest BCUT2D eigenvalue weighted by Gasteiger charge is -2.20. The summed E-state index contributed by atoms with van der Waals surface area (Å²) in [6.07, 6.45) is 5.78. The van der Waals surface area contributed by atoms with Gasteiger partial charge in [-0.3, -0.25) is 4.79 Å². The van der Waals surface area contributed by atoms with E-state index in [1.165, 1.54) is 17.1 Å². The molecule has 0 heterocycles. The fraction of sp³-hybridized carbons (Fsp3) is 0.611. The van der Waals surface area contributed by atoms with E-state index in [4.69, 9.17) is 4.74 Å². The molecule has 0 aliphatic carbocycles. The normalized spacial score (nSPS) is 11.6. The predicted molar refractivity (Wildman–Crippen MR) is 95.2 cm³/mol. The fourth-order valence-electron chi connectivity index (χ4n) is 2.40. The van der Waals surface area contributed by atoms with Crippen LogP contribution in [0.2, 0.25) is 0 Å². The van der Waals surface area contributed by atoms with Gasteiger partial charge in [-0.15, -0.1) is 0 Å². The Balaban J connectivity index is 2.38. The Kier molecular flexibility index (Phi) is 9.64. The molecule has 0 N–H and O–H groups in total. The molecule has 1 aromatic rings. The number of rotatable bonds is 12. The van der Waals surface area contributed by atoms with Crippen molar-refractivity contribution in [2.75, 3.05) is 19.7 Å². The van der Waals surface area contributed by atoms with E-state index in [1.807, 2.05) is 0 Å². The summed E-state index contributed by atoms with van der Waals surface area (Å²) in [5.74, 6) is -0.250. The lowest BCUT2D eigenvalue weighted by Crippen LogP contribution is -2.34. The number of benzene rings is 1. The molecule has 0 aromatic heterocycles. The highest BCUT2D eigenvalue weighted by Gasteiger charge is 2.22. The zero-order valence-electron chi connectivity index (χ0n) is 14.7. The molecule has 0 aliphatic heterocycles. The Morgan fingerprint density at radius 2 is 1.71 bits per heavy atom. The molecule has 0 radical (unpaired) electrons. The number of unbranched alkanes of at least 4 members (excludes halogenated alkanes) is 4. The Labute approximate surface area is 146 Å². The standard InChI is InChI=1S/C18H29NO4S/c1-3-5-6-7-11-14-18(20)23-16-15-19(4-2)24(21,22)17-12-9-8-10-13-17/h8-10,12-13H,3-7,11,14-16H2,1-2H3. The molecule has 136 valence electrons. The summed E-state index contributed by atoms with van der Waals surface area (Å²) in [7, 11) is -3.53. The monoisotopic (exact) mass is 355 g/mol. The number of esters is 1. The van der Waals surface area contributed by atoms with Gasteiger partial charge in [-0.1, -0.05) is 57.7 Å². The van der Waals surface area contributed by atoms with Crippen LogP contribution in [0.3, 0.4) is 0 Å². The molecule has 1 aromatic carbocycles. The fourth-order valence-corrected chi connectivity index (χ4v) is 3.85. The number of ether oxygens (including phenoxy) is 1. The largest absolute Gasteiger partial charge is 0.464 e. The minimum absolute atomic E-state index is 0.0910. The highest BCUT2D eigenvalue weighted by molar-refractivity contribution is 7.89. The van der Waals surface area contributed by atoms with Crippen LogP contribution in [-0.2, 0) is 19.6 Å². The average molecular weight is 356 g/mol. The van der Waals surface area contributed by atoms with Crippen LogP contribution in [0, 0.1) is 0 Å². The van der Waals surface area contributed by atoms with Crippen molar-refractivity contribution in [2.24, 2.45) is 0 Å². The number of hydrogen-bond acceptors (Lipinski definition) is 4. The highest BCUT2D eigenvalue weighted by atomic mass is 32.2. The van der Waals surface area contributed by atoms with Gasteiger partial charge in [0.2, 0.25) is 10.0 Å². The van der Waals surface area contributed by atoms with Gasteiger partial charge in [-0.25, -0.2) is 8.42 Å². The molecule has 5 nitrogen and oxygen atoms in total. The van der Waals surface area contributed by atoms with E-state index in [1.54, 1.807) is 37.3 Å². The maximum Gasteiger partial charge on any atom is 0.305 e. The SMILES string of the molecule is CCCCCCCC(=O)OCCN(CC)S(=O)(=O)c1ccccc1. The number of carbonyl (C=O) groups is 1. The Morgan fingerprint density at radius 3 is 2.33 bits per heavy atom. The van der Waals surface area contributed by atoms with Crippen molar-refractivity contribution >= 4 is 16.0 Å². The smallest absolute Gasteiger partial charge is 0.305 e. The van der Waals surface area contributed by atoms with Crippen molar-refractivity contribution in [3.63, 3.8) is 0 Å². The molecule has 0 unspecified atom stereocenters. The summed E-state index contributed by atoms with van der Waals surface area (Å²) in [5, 5.41) is 0. The van der Waals surface area contributed by atoms with Crippen LogP contribution in [0.15, 0.2) is 35.2 Å². The second kappa shape index (κ2) is 11.2. The molecule has 0 amide bonds. The molecule has 0 aliphatic rings. The molecule has 0 saturated heterocycles. The van der Waals surface area contributed by atoms with Gasteiger partial charge in [0.25, 0.3) is 0 Å². The zero-order valence-corrected chi connectivity index (χ0v) is 15.6.